The van der Waals surface area contributed by atoms with Gasteiger partial charge >= 0.3 is 11.9 Å². The maximum Gasteiger partial charge on any atom is 0.306 e. The summed E-state index contributed by atoms with van der Waals surface area (Å²) in [6.45, 7) is 7.09. The molecule has 0 saturated carbocycles. The number of nitrogens with zero attached hydrogens (tertiary/aromatic N) is 1. The lowest BCUT2D eigenvalue weighted by Gasteiger charge is -2.24. The van der Waals surface area contributed by atoms with E-state index in [-0.39, 0.29) is 24.6 Å². The minimum absolute atomic E-state index is 0.0227. The smallest absolute Gasteiger partial charge is 0.306 e. The van der Waals surface area contributed by atoms with Crippen molar-refractivity contribution in [3.05, 3.63) is 0 Å². The summed E-state index contributed by atoms with van der Waals surface area (Å²) >= 11 is 4.30. The second-order valence-corrected chi connectivity index (χ2v) is 14.5. The molecule has 0 aromatic rings. The van der Waals surface area contributed by atoms with E-state index in [9.17, 15) is 19.8 Å². The Bertz CT molecular complexity index is 697. The molecule has 0 amide bonds. The molecular weight excluding hydrogens is 623 g/mol. The topological polar surface area (TPSA) is 96.3 Å². The molecule has 0 heterocycles. The van der Waals surface area contributed by atoms with Gasteiger partial charge in [0, 0.05) is 19.4 Å². The largest absolute Gasteiger partial charge is 0.466 e. The number of hydrogen-bond acceptors (Lipinski definition) is 8. The number of esters is 2. The summed E-state index contributed by atoms with van der Waals surface area (Å²) in [6, 6.07) is 0. The van der Waals surface area contributed by atoms with Crippen molar-refractivity contribution in [2.24, 2.45) is 0 Å². The molecule has 7 nitrogen and oxygen atoms in total. The number of aliphatic hydroxyl groups is 2. The first kappa shape index (κ1) is 47.2. The van der Waals surface area contributed by atoms with E-state index < -0.39 is 6.10 Å². The number of aliphatic hydroxyl groups excluding tert-OH is 2. The van der Waals surface area contributed by atoms with Crippen LogP contribution in [0.1, 0.15) is 194 Å². The van der Waals surface area contributed by atoms with Gasteiger partial charge in [0.05, 0.1) is 19.3 Å². The zero-order valence-electron chi connectivity index (χ0n) is 31.6. The number of thiol groups is 1. The van der Waals surface area contributed by atoms with Crippen molar-refractivity contribution in [1.82, 2.24) is 4.90 Å². The summed E-state index contributed by atoms with van der Waals surface area (Å²) in [5, 5.41) is 19.4. The van der Waals surface area contributed by atoms with Crippen LogP contribution in [0.2, 0.25) is 0 Å². The van der Waals surface area contributed by atoms with Gasteiger partial charge in [0.1, 0.15) is 6.10 Å². The lowest BCUT2D eigenvalue weighted by Crippen LogP contribution is -2.35. The Kier molecular flexibility index (Phi) is 36.8. The first-order valence-corrected chi connectivity index (χ1v) is 21.1. The molecule has 8 heteroatoms. The molecule has 0 spiro atoms. The first-order chi connectivity index (χ1) is 23.5. The summed E-state index contributed by atoms with van der Waals surface area (Å²) in [7, 11) is 0. The third kappa shape index (κ3) is 33.7. The van der Waals surface area contributed by atoms with Crippen molar-refractivity contribution in [2.75, 3.05) is 38.6 Å². The quantitative estimate of drug-likeness (QED) is 0.0335. The fourth-order valence-corrected chi connectivity index (χ4v) is 6.43. The van der Waals surface area contributed by atoms with E-state index in [0.717, 1.165) is 122 Å². The molecule has 2 unspecified atom stereocenters. The lowest BCUT2D eigenvalue weighted by atomic mass is 10.0. The Morgan fingerprint density at radius 1 is 0.604 bits per heavy atom. The van der Waals surface area contributed by atoms with Gasteiger partial charge in [-0.3, -0.25) is 9.59 Å². The molecule has 0 rings (SSSR count). The van der Waals surface area contributed by atoms with Crippen LogP contribution in [0.4, 0.5) is 0 Å². The number of rotatable bonds is 38. The number of unbranched alkanes of at least 4 members (excludes halogenated alkanes) is 19. The first-order valence-electron chi connectivity index (χ1n) is 20.4. The van der Waals surface area contributed by atoms with Gasteiger partial charge in [-0.15, -0.1) is 0 Å². The van der Waals surface area contributed by atoms with E-state index in [2.05, 4.69) is 31.4 Å². The molecule has 0 radical (unpaired) electrons. The third-order valence-corrected chi connectivity index (χ3v) is 9.58. The normalized spacial score (nSPS) is 12.8. The van der Waals surface area contributed by atoms with Crippen LogP contribution < -0.4 is 0 Å². The highest BCUT2D eigenvalue weighted by Gasteiger charge is 2.15. The van der Waals surface area contributed by atoms with Crippen LogP contribution in [-0.4, -0.2) is 77.9 Å². The monoisotopic (exact) mass is 702 g/mol. The van der Waals surface area contributed by atoms with Crippen molar-refractivity contribution < 1.29 is 29.3 Å². The average molecular weight is 702 g/mol. The highest BCUT2D eigenvalue weighted by molar-refractivity contribution is 7.80. The minimum atomic E-state index is -0.706. The van der Waals surface area contributed by atoms with E-state index in [1.165, 1.54) is 64.2 Å². The molecule has 286 valence electrons. The third-order valence-electron chi connectivity index (χ3n) is 9.26. The number of carbonyl (C=O) groups is 2. The van der Waals surface area contributed by atoms with Crippen LogP contribution in [0.5, 0.6) is 0 Å². The number of hydrogen-bond donors (Lipinski definition) is 3. The van der Waals surface area contributed by atoms with Gasteiger partial charge in [-0.05, 0) is 83.1 Å². The molecule has 0 aliphatic rings. The van der Waals surface area contributed by atoms with Gasteiger partial charge < -0.3 is 24.6 Å². The van der Waals surface area contributed by atoms with E-state index in [0.29, 0.717) is 26.0 Å². The van der Waals surface area contributed by atoms with Crippen molar-refractivity contribution in [3.63, 3.8) is 0 Å². The molecule has 0 bridgehead atoms. The fourth-order valence-electron chi connectivity index (χ4n) is 6.20. The Balaban J connectivity index is 4.14. The van der Waals surface area contributed by atoms with E-state index >= 15 is 0 Å². The summed E-state index contributed by atoms with van der Waals surface area (Å²) in [4.78, 5) is 26.8. The lowest BCUT2D eigenvalue weighted by molar-refractivity contribution is -0.150. The molecule has 2 N–H and O–H groups in total. The van der Waals surface area contributed by atoms with Crippen LogP contribution in [-0.2, 0) is 19.1 Å². The Hall–Kier alpha value is -0.830. The molecule has 0 saturated heterocycles. The predicted octanol–water partition coefficient (Wildman–Crippen LogP) is 9.99. The second-order valence-electron chi connectivity index (χ2n) is 14.0. The van der Waals surface area contributed by atoms with Gasteiger partial charge in [-0.25, -0.2) is 0 Å². The molecule has 0 aliphatic heterocycles. The van der Waals surface area contributed by atoms with Gasteiger partial charge in [0.2, 0.25) is 0 Å². The fraction of sp³-hybridized carbons (Fsp3) is 0.950. The molecule has 2 atom stereocenters. The molecule has 0 fully saturated rings. The SMILES string of the molecule is CCCCCCCC(CCCCCCCS)OC(=O)CCCCCCCN(CCCCCCCC(=O)OCCCCCC)CC(O)CO. The predicted molar refractivity (Wildman–Crippen MR) is 205 cm³/mol. The second kappa shape index (κ2) is 37.4. The molecule has 48 heavy (non-hydrogen) atoms. The summed E-state index contributed by atoms with van der Waals surface area (Å²) in [5.74, 6) is 0.879. The molecular formula is C40H79NO6S. The van der Waals surface area contributed by atoms with Crippen LogP contribution >= 0.6 is 12.6 Å². The van der Waals surface area contributed by atoms with Crippen LogP contribution in [0.25, 0.3) is 0 Å². The maximum absolute atomic E-state index is 12.7. The zero-order valence-corrected chi connectivity index (χ0v) is 32.5. The number of ether oxygens (including phenoxy) is 2. The van der Waals surface area contributed by atoms with Crippen LogP contribution in [0.15, 0.2) is 0 Å². The number of carbonyl (C=O) groups excluding carboxylic acids is 2. The van der Waals surface area contributed by atoms with E-state index in [1.807, 2.05) is 0 Å². The average Bonchev–Trinajstić information content (AvgIpc) is 3.08. The standard InChI is InChI=1S/C40H79NO6S/c1-3-5-7-12-19-27-38(28-20-13-11-18-26-34-48)47-40(45)30-22-15-10-17-24-32-41(35-37(43)36-42)31-23-16-9-14-21-29-39(44)46-33-25-8-6-4-2/h37-38,42-43,48H,3-36H2,1-2H3. The van der Waals surface area contributed by atoms with Gasteiger partial charge in [0.15, 0.2) is 0 Å². The van der Waals surface area contributed by atoms with Crippen molar-refractivity contribution >= 4 is 24.6 Å². The highest BCUT2D eigenvalue weighted by atomic mass is 32.1. The Morgan fingerprint density at radius 3 is 1.60 bits per heavy atom. The van der Waals surface area contributed by atoms with Crippen molar-refractivity contribution in [1.29, 1.82) is 0 Å². The zero-order chi connectivity index (χ0) is 35.3. The minimum Gasteiger partial charge on any atom is -0.466 e. The molecule has 0 aromatic heterocycles. The van der Waals surface area contributed by atoms with E-state index in [1.54, 1.807) is 0 Å². The summed E-state index contributed by atoms with van der Waals surface area (Å²) in [6.07, 6.45) is 29.5. The Labute approximate surface area is 302 Å². The highest BCUT2D eigenvalue weighted by Crippen LogP contribution is 2.18. The summed E-state index contributed by atoms with van der Waals surface area (Å²) < 4.78 is 11.3. The molecule has 0 aliphatic carbocycles. The van der Waals surface area contributed by atoms with Gasteiger partial charge in [-0.2, -0.15) is 12.6 Å². The van der Waals surface area contributed by atoms with Gasteiger partial charge in [-0.1, -0.05) is 117 Å². The Morgan fingerprint density at radius 2 is 1.06 bits per heavy atom. The molecule has 0 aromatic carbocycles. The van der Waals surface area contributed by atoms with Gasteiger partial charge in [0.25, 0.3) is 0 Å². The van der Waals surface area contributed by atoms with Crippen molar-refractivity contribution in [2.45, 2.75) is 206 Å². The van der Waals surface area contributed by atoms with Crippen LogP contribution in [0.3, 0.4) is 0 Å². The van der Waals surface area contributed by atoms with Crippen molar-refractivity contribution in [3.8, 4) is 0 Å². The summed E-state index contributed by atoms with van der Waals surface area (Å²) in [5.41, 5.74) is 0. The van der Waals surface area contributed by atoms with Crippen LogP contribution in [0, 0.1) is 0 Å². The van der Waals surface area contributed by atoms with E-state index in [4.69, 9.17) is 9.47 Å². The maximum atomic E-state index is 12.7.